The summed E-state index contributed by atoms with van der Waals surface area (Å²) in [5.41, 5.74) is 1.07. The number of hydrogen-bond acceptors (Lipinski definition) is 8. The molecule has 2 heterocycles. The largest absolute Gasteiger partial charge is 0.326 e. The zero-order chi connectivity index (χ0) is 25.0. The van der Waals surface area contributed by atoms with E-state index in [0.29, 0.717) is 20.5 Å². The third kappa shape index (κ3) is 6.31. The Bertz CT molecular complexity index is 1390. The number of anilines is 2. The summed E-state index contributed by atoms with van der Waals surface area (Å²) >= 11 is 7.55. The van der Waals surface area contributed by atoms with Gasteiger partial charge in [-0.15, -0.1) is 11.3 Å². The highest BCUT2D eigenvalue weighted by Crippen LogP contribution is 2.32. The van der Waals surface area contributed by atoms with Crippen LogP contribution in [0.4, 0.5) is 15.2 Å². The van der Waals surface area contributed by atoms with Crippen molar-refractivity contribution >= 4 is 78.4 Å². The maximum Gasteiger partial charge on any atom is 0.266 e. The second-order valence-electron chi connectivity index (χ2n) is 7.15. The molecule has 0 unspecified atom stereocenters. The Morgan fingerprint density at radius 1 is 1.14 bits per heavy atom. The molecule has 1 aliphatic rings. The van der Waals surface area contributed by atoms with Crippen LogP contribution in [0, 0.1) is 5.82 Å². The number of halogens is 1. The van der Waals surface area contributed by atoms with Gasteiger partial charge in [0.15, 0.2) is 5.13 Å². The lowest BCUT2D eigenvalue weighted by Crippen LogP contribution is -2.31. The molecule has 0 radical (unpaired) electrons. The predicted octanol–water partition coefficient (Wildman–Crippen LogP) is 4.31. The number of rotatable bonds is 8. The maximum atomic E-state index is 13.1. The first-order valence-electron chi connectivity index (χ1n) is 10.0. The molecule has 8 nitrogen and oxygen atoms in total. The minimum absolute atomic E-state index is 0.0120. The van der Waals surface area contributed by atoms with E-state index in [2.05, 4.69) is 15.0 Å². The fraction of sp³-hybridized carbons (Fsp3) is 0.0909. The van der Waals surface area contributed by atoms with Gasteiger partial charge in [0.05, 0.1) is 9.80 Å². The number of thioether (sulfide) groups is 1. The molecule has 13 heteroatoms. The van der Waals surface area contributed by atoms with Crippen molar-refractivity contribution in [2.75, 3.05) is 16.6 Å². The van der Waals surface area contributed by atoms with E-state index >= 15 is 0 Å². The van der Waals surface area contributed by atoms with Gasteiger partial charge < -0.3 is 5.32 Å². The van der Waals surface area contributed by atoms with E-state index in [0.717, 1.165) is 23.1 Å². The minimum Gasteiger partial charge on any atom is -0.326 e. The first kappa shape index (κ1) is 25.0. The summed E-state index contributed by atoms with van der Waals surface area (Å²) in [5.74, 6) is -1.05. The predicted molar refractivity (Wildman–Crippen MR) is 139 cm³/mol. The molecule has 35 heavy (non-hydrogen) atoms. The normalized spacial score (nSPS) is 15.0. The molecule has 2 aromatic carbocycles. The highest BCUT2D eigenvalue weighted by molar-refractivity contribution is 8.26. The Morgan fingerprint density at radius 3 is 2.51 bits per heavy atom. The van der Waals surface area contributed by atoms with Crippen LogP contribution in [0.5, 0.6) is 0 Å². The van der Waals surface area contributed by atoms with Crippen LogP contribution in [-0.4, -0.2) is 41.0 Å². The lowest BCUT2D eigenvalue weighted by Gasteiger charge is -2.14. The topological polar surface area (TPSA) is 108 Å². The van der Waals surface area contributed by atoms with Crippen LogP contribution in [-0.2, 0) is 19.6 Å². The fourth-order valence-electron chi connectivity index (χ4n) is 3.01. The molecule has 4 rings (SSSR count). The van der Waals surface area contributed by atoms with Crippen molar-refractivity contribution in [2.45, 2.75) is 11.3 Å². The van der Waals surface area contributed by atoms with Gasteiger partial charge in [0, 0.05) is 30.2 Å². The van der Waals surface area contributed by atoms with Gasteiger partial charge in [-0.2, -0.15) is 0 Å². The van der Waals surface area contributed by atoms with Crippen LogP contribution < -0.4 is 10.0 Å². The number of amides is 2. The third-order valence-electron chi connectivity index (χ3n) is 4.71. The van der Waals surface area contributed by atoms with E-state index in [1.165, 1.54) is 47.5 Å². The number of aromatic nitrogens is 1. The number of carbonyl (C=O) groups excluding carboxylic acids is 2. The summed E-state index contributed by atoms with van der Waals surface area (Å²) in [6, 6.07) is 11.4. The van der Waals surface area contributed by atoms with Crippen LogP contribution in [0.25, 0.3) is 6.08 Å². The van der Waals surface area contributed by atoms with Crippen molar-refractivity contribution in [1.29, 1.82) is 0 Å². The first-order valence-corrected chi connectivity index (χ1v) is 13.6. The van der Waals surface area contributed by atoms with E-state index in [9.17, 15) is 22.4 Å². The zero-order valence-corrected chi connectivity index (χ0v) is 21.1. The molecule has 0 spiro atoms. The maximum absolute atomic E-state index is 13.1. The highest BCUT2D eigenvalue weighted by Gasteiger charge is 2.32. The number of nitrogens with one attached hydrogen (secondary N) is 2. The van der Waals surface area contributed by atoms with E-state index in [4.69, 9.17) is 12.2 Å². The van der Waals surface area contributed by atoms with Crippen molar-refractivity contribution in [2.24, 2.45) is 0 Å². The second-order valence-corrected chi connectivity index (χ2v) is 11.4. The van der Waals surface area contributed by atoms with Crippen molar-refractivity contribution < 1.29 is 22.4 Å². The second kappa shape index (κ2) is 10.6. The van der Waals surface area contributed by atoms with Gasteiger partial charge in [0.25, 0.3) is 15.9 Å². The average molecular weight is 549 g/mol. The molecule has 1 saturated heterocycles. The van der Waals surface area contributed by atoms with Gasteiger partial charge in [-0.1, -0.05) is 36.1 Å². The zero-order valence-electron chi connectivity index (χ0n) is 17.8. The number of thiazole rings is 1. The number of benzene rings is 2. The monoisotopic (exact) mass is 548 g/mol. The molecule has 0 atom stereocenters. The summed E-state index contributed by atoms with van der Waals surface area (Å²) in [5, 5.41) is 4.58. The Labute approximate surface area is 214 Å². The minimum atomic E-state index is -3.79. The Hall–Kier alpha value is -3.13. The van der Waals surface area contributed by atoms with E-state index in [1.807, 2.05) is 0 Å². The van der Waals surface area contributed by atoms with E-state index in [-0.39, 0.29) is 40.6 Å². The molecular weight excluding hydrogens is 532 g/mol. The van der Waals surface area contributed by atoms with Crippen molar-refractivity contribution in [3.05, 3.63) is 76.4 Å². The molecule has 0 saturated carbocycles. The summed E-state index contributed by atoms with van der Waals surface area (Å²) in [6.07, 6.45) is 3.10. The number of hydrogen-bond donors (Lipinski definition) is 2. The first-order chi connectivity index (χ1) is 16.7. The molecule has 1 aliphatic heterocycles. The molecule has 1 fully saturated rings. The third-order valence-corrected chi connectivity index (χ3v) is 8.26. The van der Waals surface area contributed by atoms with Gasteiger partial charge in [-0.25, -0.2) is 17.8 Å². The number of carbonyl (C=O) groups is 2. The lowest BCUT2D eigenvalue weighted by molar-refractivity contribution is -0.122. The fourth-order valence-corrected chi connectivity index (χ4v) is 6.10. The summed E-state index contributed by atoms with van der Waals surface area (Å²) in [7, 11) is -3.79. The molecule has 1 aromatic heterocycles. The van der Waals surface area contributed by atoms with E-state index < -0.39 is 10.0 Å². The van der Waals surface area contributed by atoms with Crippen LogP contribution in [0.15, 0.2) is 69.9 Å². The molecule has 2 N–H and O–H groups in total. The summed E-state index contributed by atoms with van der Waals surface area (Å²) in [6.45, 7) is 0.0848. The van der Waals surface area contributed by atoms with Crippen LogP contribution >= 0.6 is 35.3 Å². The standard InChI is InChI=1S/C22H17FN4O4S4/c23-15-3-1-14(2-4-15)13-18-20(29)27(22(32)34-18)11-9-19(28)25-16-5-7-17(8-6-16)35(30,31)26-21-24-10-12-33-21/h1-8,10,12-13H,9,11H2,(H,24,26)(H,25,28). The molecule has 2 amide bonds. The van der Waals surface area contributed by atoms with Gasteiger partial charge >= 0.3 is 0 Å². The van der Waals surface area contributed by atoms with Gasteiger partial charge in [-0.05, 0) is 48.0 Å². The van der Waals surface area contributed by atoms with Gasteiger partial charge in [-0.3, -0.25) is 19.2 Å². The SMILES string of the molecule is O=C(CCN1C(=O)C(=Cc2ccc(F)cc2)SC1=S)Nc1ccc(S(=O)(=O)Nc2nccs2)cc1. The Morgan fingerprint density at radius 2 is 1.86 bits per heavy atom. The van der Waals surface area contributed by atoms with Crippen molar-refractivity contribution in [3.8, 4) is 0 Å². The number of thiocarbonyl (C=S) groups is 1. The van der Waals surface area contributed by atoms with Crippen molar-refractivity contribution in [3.63, 3.8) is 0 Å². The average Bonchev–Trinajstić information content (AvgIpc) is 3.41. The van der Waals surface area contributed by atoms with Crippen molar-refractivity contribution in [1.82, 2.24) is 9.88 Å². The molecule has 180 valence electrons. The van der Waals surface area contributed by atoms with Crippen LogP contribution in [0.1, 0.15) is 12.0 Å². The Kier molecular flexibility index (Phi) is 7.60. The summed E-state index contributed by atoms with van der Waals surface area (Å²) in [4.78, 5) is 30.7. The quantitative estimate of drug-likeness (QED) is 0.319. The molecule has 0 aliphatic carbocycles. The summed E-state index contributed by atoms with van der Waals surface area (Å²) < 4.78 is 40.6. The van der Waals surface area contributed by atoms with Crippen LogP contribution in [0.2, 0.25) is 0 Å². The molecule has 0 bridgehead atoms. The van der Waals surface area contributed by atoms with Gasteiger partial charge in [0.1, 0.15) is 10.1 Å². The number of sulfonamides is 1. The Balaban J connectivity index is 1.32. The lowest BCUT2D eigenvalue weighted by atomic mass is 10.2. The van der Waals surface area contributed by atoms with E-state index in [1.54, 1.807) is 23.6 Å². The molecular formula is C22H17FN4O4S4. The number of nitrogens with zero attached hydrogens (tertiary/aromatic N) is 2. The highest BCUT2D eigenvalue weighted by atomic mass is 32.2. The van der Waals surface area contributed by atoms with Gasteiger partial charge in [0.2, 0.25) is 5.91 Å². The van der Waals surface area contributed by atoms with Crippen LogP contribution in [0.3, 0.4) is 0 Å². The smallest absolute Gasteiger partial charge is 0.266 e. The molecule has 3 aromatic rings.